The van der Waals surface area contributed by atoms with Gasteiger partial charge in [0.15, 0.2) is 0 Å². The smallest absolute Gasteiger partial charge is 0.0388 e. The molecule has 0 radical (unpaired) electrons. The molecule has 0 bridgehead atoms. The third kappa shape index (κ3) is 1.89. The van der Waals surface area contributed by atoms with E-state index in [1.807, 2.05) is 6.20 Å². The molecule has 2 nitrogen and oxygen atoms in total. The maximum absolute atomic E-state index is 3.27. The minimum absolute atomic E-state index is 1.03. The minimum atomic E-state index is 1.03. The fourth-order valence-electron chi connectivity index (χ4n) is 2.40. The van der Waals surface area contributed by atoms with Gasteiger partial charge in [-0.1, -0.05) is 24.3 Å². The van der Waals surface area contributed by atoms with Crippen molar-refractivity contribution in [2.45, 2.75) is 19.5 Å². The Labute approximate surface area is 95.9 Å². The average Bonchev–Trinajstić information content (AvgIpc) is 2.82. The molecule has 16 heavy (non-hydrogen) atoms. The Kier molecular flexibility index (Phi) is 2.50. The van der Waals surface area contributed by atoms with Crippen molar-refractivity contribution in [3.63, 3.8) is 0 Å². The summed E-state index contributed by atoms with van der Waals surface area (Å²) < 4.78 is 0. The normalized spacial score (nSPS) is 16.0. The van der Waals surface area contributed by atoms with E-state index in [1.54, 1.807) is 0 Å². The van der Waals surface area contributed by atoms with E-state index in [4.69, 9.17) is 0 Å². The molecule has 0 amide bonds. The van der Waals surface area contributed by atoms with E-state index >= 15 is 0 Å². The SMILES string of the molecule is c1c[nH]c(CN2CCc3ccccc3C2)c1. The number of aromatic amines is 1. The van der Waals surface area contributed by atoms with E-state index in [-0.39, 0.29) is 0 Å². The van der Waals surface area contributed by atoms with E-state index in [0.717, 1.165) is 19.6 Å². The van der Waals surface area contributed by atoms with Gasteiger partial charge in [0.2, 0.25) is 0 Å². The highest BCUT2D eigenvalue weighted by Crippen LogP contribution is 2.19. The number of H-pyrrole nitrogens is 1. The standard InChI is InChI=1S/C14H16N2/c1-2-5-13-10-16(9-7-12(13)4-1)11-14-6-3-8-15-14/h1-6,8,15H,7,9-11H2. The summed E-state index contributed by atoms with van der Waals surface area (Å²) in [5.74, 6) is 0. The lowest BCUT2D eigenvalue weighted by atomic mass is 10.00. The summed E-state index contributed by atoms with van der Waals surface area (Å²) in [4.78, 5) is 5.76. The van der Waals surface area contributed by atoms with Crippen LogP contribution in [0.15, 0.2) is 42.6 Å². The van der Waals surface area contributed by atoms with Gasteiger partial charge in [0.05, 0.1) is 0 Å². The summed E-state index contributed by atoms with van der Waals surface area (Å²) in [6.07, 6.45) is 3.17. The second-order valence-electron chi connectivity index (χ2n) is 4.42. The van der Waals surface area contributed by atoms with Gasteiger partial charge < -0.3 is 4.98 Å². The summed E-state index contributed by atoms with van der Waals surface area (Å²) in [6.45, 7) is 3.27. The molecule has 1 aliphatic rings. The molecule has 0 spiro atoms. The minimum Gasteiger partial charge on any atom is -0.364 e. The van der Waals surface area contributed by atoms with Crippen molar-refractivity contribution in [1.82, 2.24) is 9.88 Å². The number of nitrogens with zero attached hydrogens (tertiary/aromatic N) is 1. The van der Waals surface area contributed by atoms with Crippen LogP contribution >= 0.6 is 0 Å². The number of nitrogens with one attached hydrogen (secondary N) is 1. The Morgan fingerprint density at radius 2 is 1.94 bits per heavy atom. The number of rotatable bonds is 2. The second kappa shape index (κ2) is 4.14. The van der Waals surface area contributed by atoms with Crippen molar-refractivity contribution in [3.8, 4) is 0 Å². The fourth-order valence-corrected chi connectivity index (χ4v) is 2.40. The Balaban J connectivity index is 1.73. The molecule has 0 saturated carbocycles. The molecular weight excluding hydrogens is 196 g/mol. The van der Waals surface area contributed by atoms with Crippen LogP contribution < -0.4 is 0 Å². The average molecular weight is 212 g/mol. The van der Waals surface area contributed by atoms with Crippen molar-refractivity contribution >= 4 is 0 Å². The lowest BCUT2D eigenvalue weighted by molar-refractivity contribution is 0.243. The molecule has 0 aliphatic carbocycles. The quantitative estimate of drug-likeness (QED) is 0.810. The van der Waals surface area contributed by atoms with Crippen LogP contribution in [-0.2, 0) is 19.5 Å². The molecule has 2 aromatic rings. The molecule has 3 rings (SSSR count). The predicted molar refractivity (Wildman–Crippen MR) is 65.1 cm³/mol. The topological polar surface area (TPSA) is 19.0 Å². The largest absolute Gasteiger partial charge is 0.364 e. The van der Waals surface area contributed by atoms with E-state index in [2.05, 4.69) is 46.3 Å². The molecule has 0 fully saturated rings. The zero-order valence-electron chi connectivity index (χ0n) is 9.32. The lowest BCUT2D eigenvalue weighted by Gasteiger charge is -2.28. The highest BCUT2D eigenvalue weighted by atomic mass is 15.1. The van der Waals surface area contributed by atoms with Gasteiger partial charge in [0.1, 0.15) is 0 Å². The Morgan fingerprint density at radius 3 is 2.75 bits per heavy atom. The fraction of sp³-hybridized carbons (Fsp3) is 0.286. The van der Waals surface area contributed by atoms with Crippen LogP contribution in [0.1, 0.15) is 16.8 Å². The highest BCUT2D eigenvalue weighted by molar-refractivity contribution is 5.29. The predicted octanol–water partition coefficient (Wildman–Crippen LogP) is 2.57. The first-order valence-electron chi connectivity index (χ1n) is 5.83. The highest BCUT2D eigenvalue weighted by Gasteiger charge is 2.15. The molecule has 0 unspecified atom stereocenters. The number of benzene rings is 1. The van der Waals surface area contributed by atoms with Crippen LogP contribution in [0.5, 0.6) is 0 Å². The van der Waals surface area contributed by atoms with Gasteiger partial charge in [0.25, 0.3) is 0 Å². The molecule has 1 aromatic carbocycles. The maximum atomic E-state index is 3.27. The molecule has 0 atom stereocenters. The maximum Gasteiger partial charge on any atom is 0.0388 e. The zero-order chi connectivity index (χ0) is 10.8. The number of hydrogen-bond acceptors (Lipinski definition) is 1. The summed E-state index contributed by atoms with van der Waals surface area (Å²) in [7, 11) is 0. The molecule has 0 saturated heterocycles. The van der Waals surface area contributed by atoms with Crippen LogP contribution in [0, 0.1) is 0 Å². The lowest BCUT2D eigenvalue weighted by Crippen LogP contribution is -2.30. The second-order valence-corrected chi connectivity index (χ2v) is 4.42. The molecule has 2 heterocycles. The van der Waals surface area contributed by atoms with Gasteiger partial charge in [-0.2, -0.15) is 0 Å². The first-order chi connectivity index (χ1) is 7.92. The van der Waals surface area contributed by atoms with E-state index < -0.39 is 0 Å². The van der Waals surface area contributed by atoms with Crippen molar-refractivity contribution < 1.29 is 0 Å². The van der Waals surface area contributed by atoms with Gasteiger partial charge in [-0.25, -0.2) is 0 Å². The molecule has 82 valence electrons. The van der Waals surface area contributed by atoms with Crippen molar-refractivity contribution in [1.29, 1.82) is 0 Å². The van der Waals surface area contributed by atoms with Crippen LogP contribution in [0.25, 0.3) is 0 Å². The number of hydrogen-bond donors (Lipinski definition) is 1. The van der Waals surface area contributed by atoms with E-state index in [0.29, 0.717) is 0 Å². The third-order valence-electron chi connectivity index (χ3n) is 3.27. The van der Waals surface area contributed by atoms with Gasteiger partial charge >= 0.3 is 0 Å². The molecule has 1 aliphatic heterocycles. The van der Waals surface area contributed by atoms with Crippen molar-refractivity contribution in [2.24, 2.45) is 0 Å². The number of aromatic nitrogens is 1. The first-order valence-corrected chi connectivity index (χ1v) is 5.83. The molecule has 2 heteroatoms. The Hall–Kier alpha value is -1.54. The Morgan fingerprint density at radius 1 is 1.06 bits per heavy atom. The van der Waals surface area contributed by atoms with Crippen LogP contribution in [0.2, 0.25) is 0 Å². The number of fused-ring (bicyclic) bond motifs is 1. The van der Waals surface area contributed by atoms with Crippen molar-refractivity contribution in [3.05, 3.63) is 59.4 Å². The van der Waals surface area contributed by atoms with Gasteiger partial charge in [-0.15, -0.1) is 0 Å². The van der Waals surface area contributed by atoms with Gasteiger partial charge in [0, 0.05) is 31.5 Å². The summed E-state index contributed by atoms with van der Waals surface area (Å²) in [5, 5.41) is 0. The van der Waals surface area contributed by atoms with Crippen molar-refractivity contribution in [2.75, 3.05) is 6.54 Å². The zero-order valence-corrected chi connectivity index (χ0v) is 9.32. The van der Waals surface area contributed by atoms with Crippen LogP contribution in [-0.4, -0.2) is 16.4 Å². The molecule has 1 aromatic heterocycles. The molecule has 1 N–H and O–H groups in total. The van der Waals surface area contributed by atoms with Gasteiger partial charge in [-0.05, 0) is 29.7 Å². The monoisotopic (exact) mass is 212 g/mol. The van der Waals surface area contributed by atoms with E-state index in [9.17, 15) is 0 Å². The molecular formula is C14H16N2. The summed E-state index contributed by atoms with van der Waals surface area (Å²) >= 11 is 0. The van der Waals surface area contributed by atoms with Gasteiger partial charge in [-0.3, -0.25) is 4.90 Å². The summed E-state index contributed by atoms with van der Waals surface area (Å²) in [6, 6.07) is 13.0. The first kappa shape index (κ1) is 9.67. The Bertz CT molecular complexity index is 459. The summed E-state index contributed by atoms with van der Waals surface area (Å²) in [5.41, 5.74) is 4.31. The van der Waals surface area contributed by atoms with Crippen LogP contribution in [0.4, 0.5) is 0 Å². The third-order valence-corrected chi connectivity index (χ3v) is 3.27. The van der Waals surface area contributed by atoms with Crippen LogP contribution in [0.3, 0.4) is 0 Å². The van der Waals surface area contributed by atoms with E-state index in [1.165, 1.54) is 23.2 Å².